The van der Waals surface area contributed by atoms with Crippen LogP contribution in [0.3, 0.4) is 0 Å². The molecule has 0 saturated heterocycles. The number of hydrogen-bond acceptors (Lipinski definition) is 6. The second-order valence-corrected chi connectivity index (χ2v) is 6.64. The Bertz CT molecular complexity index is 1270. The zero-order valence-electron chi connectivity index (χ0n) is 15.4. The Kier molecular flexibility index (Phi) is 3.42. The standard InChI is InChI=1S/C19H19N5O3/c1-7-5-6-11(25)8(2)14(7)24-15-12(13(17(24)20)18(21)26)9(3)22-19-16(15)27-10(4)23-19/h5-6,25H,20H2,1-4H3,(H2,21,26). The van der Waals surface area contributed by atoms with Gasteiger partial charge in [0, 0.05) is 17.9 Å². The van der Waals surface area contributed by atoms with Crippen LogP contribution in [0, 0.1) is 27.7 Å². The number of aryl methyl sites for hydroxylation is 3. The molecule has 0 spiro atoms. The molecule has 3 heterocycles. The van der Waals surface area contributed by atoms with Gasteiger partial charge in [-0.2, -0.15) is 4.98 Å². The molecule has 0 unspecified atom stereocenters. The van der Waals surface area contributed by atoms with Crippen LogP contribution in [0.4, 0.5) is 5.82 Å². The summed E-state index contributed by atoms with van der Waals surface area (Å²) in [4.78, 5) is 21.0. The van der Waals surface area contributed by atoms with Crippen molar-refractivity contribution in [3.05, 3.63) is 40.4 Å². The van der Waals surface area contributed by atoms with Crippen LogP contribution in [0.2, 0.25) is 0 Å². The molecule has 0 aliphatic rings. The number of aromatic nitrogens is 3. The van der Waals surface area contributed by atoms with Gasteiger partial charge in [-0.25, -0.2) is 4.98 Å². The van der Waals surface area contributed by atoms with E-state index >= 15 is 0 Å². The van der Waals surface area contributed by atoms with Gasteiger partial charge in [0.15, 0.2) is 11.5 Å². The van der Waals surface area contributed by atoms with E-state index < -0.39 is 5.91 Å². The van der Waals surface area contributed by atoms with Crippen LogP contribution >= 0.6 is 0 Å². The molecule has 1 amide bonds. The number of nitrogen functional groups attached to an aromatic ring is 1. The second-order valence-electron chi connectivity index (χ2n) is 6.64. The highest BCUT2D eigenvalue weighted by atomic mass is 16.3. The number of amides is 1. The largest absolute Gasteiger partial charge is 0.508 e. The Morgan fingerprint density at radius 3 is 2.56 bits per heavy atom. The third-order valence-electron chi connectivity index (χ3n) is 4.85. The van der Waals surface area contributed by atoms with Gasteiger partial charge in [0.05, 0.1) is 16.9 Å². The topological polar surface area (TPSA) is 133 Å². The molecule has 8 heteroatoms. The van der Waals surface area contributed by atoms with E-state index in [1.165, 1.54) is 0 Å². The Morgan fingerprint density at radius 2 is 1.89 bits per heavy atom. The van der Waals surface area contributed by atoms with Crippen molar-refractivity contribution in [2.24, 2.45) is 5.73 Å². The van der Waals surface area contributed by atoms with Crippen molar-refractivity contribution in [1.82, 2.24) is 14.5 Å². The average molecular weight is 365 g/mol. The number of phenolic OH excluding ortho intramolecular Hbond substituents is 1. The number of oxazole rings is 1. The molecule has 3 aromatic heterocycles. The third-order valence-corrected chi connectivity index (χ3v) is 4.85. The molecule has 0 atom stereocenters. The molecular formula is C19H19N5O3. The zero-order chi connectivity index (χ0) is 19.6. The minimum absolute atomic E-state index is 0.119. The van der Waals surface area contributed by atoms with Gasteiger partial charge in [-0.05, 0) is 32.4 Å². The Hall–Kier alpha value is -3.55. The molecule has 8 nitrogen and oxygen atoms in total. The SMILES string of the molecule is Cc1nc2nc(C)c3c(C(N)=O)c(N)n(-c4c(C)ccc(O)c4C)c3c2o1. The Morgan fingerprint density at radius 1 is 1.19 bits per heavy atom. The van der Waals surface area contributed by atoms with Gasteiger partial charge in [0.2, 0.25) is 5.65 Å². The first-order valence-corrected chi connectivity index (χ1v) is 8.39. The van der Waals surface area contributed by atoms with Gasteiger partial charge < -0.3 is 21.0 Å². The highest BCUT2D eigenvalue weighted by Gasteiger charge is 2.28. The molecule has 0 bridgehead atoms. The summed E-state index contributed by atoms with van der Waals surface area (Å²) in [5.41, 5.74) is 16.3. The third kappa shape index (κ3) is 2.19. The molecule has 4 rings (SSSR count). The van der Waals surface area contributed by atoms with E-state index in [4.69, 9.17) is 15.9 Å². The van der Waals surface area contributed by atoms with Gasteiger partial charge in [0.1, 0.15) is 17.1 Å². The number of primary amides is 1. The molecule has 0 radical (unpaired) electrons. The van der Waals surface area contributed by atoms with E-state index in [-0.39, 0.29) is 17.1 Å². The number of benzene rings is 1. The maximum Gasteiger partial charge on any atom is 0.253 e. The van der Waals surface area contributed by atoms with Gasteiger partial charge in [-0.3, -0.25) is 9.36 Å². The average Bonchev–Trinajstić information content (AvgIpc) is 3.09. The smallest absolute Gasteiger partial charge is 0.253 e. The van der Waals surface area contributed by atoms with Crippen molar-refractivity contribution in [2.75, 3.05) is 5.73 Å². The fourth-order valence-electron chi connectivity index (χ4n) is 3.67. The summed E-state index contributed by atoms with van der Waals surface area (Å²) in [7, 11) is 0. The Balaban J connectivity index is 2.34. The number of nitrogens with two attached hydrogens (primary N) is 2. The molecule has 1 aromatic carbocycles. The van der Waals surface area contributed by atoms with Crippen LogP contribution in [-0.4, -0.2) is 25.5 Å². The molecule has 27 heavy (non-hydrogen) atoms. The van der Waals surface area contributed by atoms with E-state index in [9.17, 15) is 9.90 Å². The lowest BCUT2D eigenvalue weighted by atomic mass is 10.1. The van der Waals surface area contributed by atoms with Crippen LogP contribution in [0.15, 0.2) is 16.5 Å². The van der Waals surface area contributed by atoms with Gasteiger partial charge in [0.25, 0.3) is 5.91 Å². The Labute approximate surface area is 154 Å². The van der Waals surface area contributed by atoms with E-state index in [1.54, 1.807) is 37.5 Å². The maximum absolute atomic E-state index is 12.2. The summed E-state index contributed by atoms with van der Waals surface area (Å²) in [6, 6.07) is 3.40. The minimum atomic E-state index is -0.660. The lowest BCUT2D eigenvalue weighted by Gasteiger charge is -2.15. The molecule has 4 aromatic rings. The highest BCUT2D eigenvalue weighted by Crippen LogP contribution is 2.40. The van der Waals surface area contributed by atoms with Gasteiger partial charge >= 0.3 is 0 Å². The number of hydrogen-bond donors (Lipinski definition) is 3. The maximum atomic E-state index is 12.2. The molecule has 0 fully saturated rings. The summed E-state index contributed by atoms with van der Waals surface area (Å²) in [5.74, 6) is 0.0712. The van der Waals surface area contributed by atoms with Gasteiger partial charge in [-0.1, -0.05) is 6.07 Å². The lowest BCUT2D eigenvalue weighted by Crippen LogP contribution is -2.14. The fraction of sp³-hybridized carbons (Fsp3) is 0.211. The summed E-state index contributed by atoms with van der Waals surface area (Å²) in [5, 5.41) is 10.8. The predicted octanol–water partition coefficient (Wildman–Crippen LogP) is 2.79. The summed E-state index contributed by atoms with van der Waals surface area (Å²) >= 11 is 0. The lowest BCUT2D eigenvalue weighted by molar-refractivity contribution is 0.100. The quantitative estimate of drug-likeness (QED) is 0.500. The predicted molar refractivity (Wildman–Crippen MR) is 102 cm³/mol. The van der Waals surface area contributed by atoms with E-state index in [0.717, 1.165) is 5.56 Å². The van der Waals surface area contributed by atoms with E-state index in [2.05, 4.69) is 9.97 Å². The van der Waals surface area contributed by atoms with Crippen LogP contribution in [0.1, 0.15) is 33.1 Å². The summed E-state index contributed by atoms with van der Waals surface area (Å²) < 4.78 is 7.49. The number of aromatic hydroxyl groups is 1. The molecule has 0 aliphatic heterocycles. The molecule has 0 aliphatic carbocycles. The van der Waals surface area contributed by atoms with Crippen molar-refractivity contribution in [3.8, 4) is 11.4 Å². The number of carbonyl (C=O) groups excluding carboxylic acids is 1. The first-order valence-electron chi connectivity index (χ1n) is 8.39. The monoisotopic (exact) mass is 365 g/mol. The number of rotatable bonds is 2. The van der Waals surface area contributed by atoms with E-state index in [1.807, 2.05) is 6.92 Å². The second kappa shape index (κ2) is 5.47. The molecule has 0 saturated carbocycles. The minimum Gasteiger partial charge on any atom is -0.508 e. The number of phenols is 1. The van der Waals surface area contributed by atoms with Crippen molar-refractivity contribution in [1.29, 1.82) is 0 Å². The van der Waals surface area contributed by atoms with Crippen LogP contribution < -0.4 is 11.5 Å². The number of pyridine rings is 1. The number of nitrogens with zero attached hydrogens (tertiary/aromatic N) is 3. The van der Waals surface area contributed by atoms with Crippen molar-refractivity contribution >= 4 is 33.9 Å². The first-order chi connectivity index (χ1) is 12.7. The van der Waals surface area contributed by atoms with Crippen molar-refractivity contribution in [2.45, 2.75) is 27.7 Å². The van der Waals surface area contributed by atoms with Crippen molar-refractivity contribution < 1.29 is 14.3 Å². The zero-order valence-corrected chi connectivity index (χ0v) is 15.4. The fourth-order valence-corrected chi connectivity index (χ4v) is 3.67. The van der Waals surface area contributed by atoms with E-state index in [0.29, 0.717) is 45.0 Å². The van der Waals surface area contributed by atoms with Gasteiger partial charge in [-0.15, -0.1) is 0 Å². The number of carbonyl (C=O) groups is 1. The normalized spacial score (nSPS) is 11.6. The summed E-state index contributed by atoms with van der Waals surface area (Å²) in [6.07, 6.45) is 0. The number of anilines is 1. The van der Waals surface area contributed by atoms with Crippen LogP contribution in [0.5, 0.6) is 5.75 Å². The highest BCUT2D eigenvalue weighted by molar-refractivity contribution is 6.17. The first kappa shape index (κ1) is 16.9. The van der Waals surface area contributed by atoms with Crippen LogP contribution in [-0.2, 0) is 0 Å². The molecular weight excluding hydrogens is 346 g/mol. The van der Waals surface area contributed by atoms with Crippen molar-refractivity contribution in [3.63, 3.8) is 0 Å². The molecule has 5 N–H and O–H groups in total. The van der Waals surface area contributed by atoms with Crippen LogP contribution in [0.25, 0.3) is 27.8 Å². The molecule has 138 valence electrons. The summed E-state index contributed by atoms with van der Waals surface area (Å²) in [6.45, 7) is 7.17. The number of fused-ring (bicyclic) bond motifs is 3.